The van der Waals surface area contributed by atoms with E-state index in [1.807, 2.05) is 56.3 Å². The van der Waals surface area contributed by atoms with Crippen molar-refractivity contribution in [2.75, 3.05) is 5.32 Å². The smallest absolute Gasteiger partial charge is 0.439 e. The summed E-state index contributed by atoms with van der Waals surface area (Å²) in [6.07, 6.45) is 0. The summed E-state index contributed by atoms with van der Waals surface area (Å²) in [6.45, 7) is 5.55. The molecule has 0 aliphatic rings. The number of nitrogens with one attached hydrogen (secondary N) is 2. The fourth-order valence-corrected chi connectivity index (χ4v) is 4.29. The Morgan fingerprint density at radius 1 is 1.03 bits per heavy atom. The van der Waals surface area contributed by atoms with Crippen LogP contribution in [0.5, 0.6) is 0 Å². The first-order valence-electron chi connectivity index (χ1n) is 11.1. The van der Waals surface area contributed by atoms with Gasteiger partial charge in [-0.25, -0.2) is 9.18 Å². The molecular weight excluding hydrogens is 449 g/mol. The van der Waals surface area contributed by atoms with Gasteiger partial charge in [0.25, 0.3) is 0 Å². The third-order valence-corrected chi connectivity index (χ3v) is 5.96. The van der Waals surface area contributed by atoms with Crippen molar-refractivity contribution in [2.45, 2.75) is 26.8 Å². The number of benzene rings is 3. The van der Waals surface area contributed by atoms with Gasteiger partial charge < -0.3 is 9.73 Å². The molecule has 3 aromatic carbocycles. The van der Waals surface area contributed by atoms with Crippen molar-refractivity contribution in [3.05, 3.63) is 104 Å². The quantitative estimate of drug-likeness (QED) is 0.339. The Morgan fingerprint density at radius 2 is 1.80 bits per heavy atom. The lowest BCUT2D eigenvalue weighted by Gasteiger charge is -2.20. The first kappa shape index (κ1) is 22.3. The van der Waals surface area contributed by atoms with Crippen LogP contribution in [-0.4, -0.2) is 10.1 Å². The van der Waals surface area contributed by atoms with Crippen LogP contribution in [0.3, 0.4) is 0 Å². The average molecular weight is 471 g/mol. The van der Waals surface area contributed by atoms with E-state index < -0.39 is 17.6 Å². The van der Waals surface area contributed by atoms with Crippen LogP contribution in [0.1, 0.15) is 29.7 Å². The summed E-state index contributed by atoms with van der Waals surface area (Å²) >= 11 is 0. The number of anilines is 1. The molecule has 0 aliphatic carbocycles. The number of hydrogen-bond acceptors (Lipinski definition) is 6. The molecule has 0 aliphatic heterocycles. The van der Waals surface area contributed by atoms with Gasteiger partial charge in [0, 0.05) is 22.4 Å². The van der Waals surface area contributed by atoms with Gasteiger partial charge in [0.15, 0.2) is 11.3 Å². The van der Waals surface area contributed by atoms with E-state index in [1.54, 1.807) is 19.1 Å². The Morgan fingerprint density at radius 3 is 2.51 bits per heavy atom. The van der Waals surface area contributed by atoms with E-state index in [1.165, 1.54) is 6.07 Å². The molecule has 0 spiro atoms. The summed E-state index contributed by atoms with van der Waals surface area (Å²) in [4.78, 5) is 27.2. The summed E-state index contributed by atoms with van der Waals surface area (Å²) < 4.78 is 25.7. The summed E-state index contributed by atoms with van der Waals surface area (Å²) in [7, 11) is 0. The number of nitrogens with zero attached hydrogens (tertiary/aromatic N) is 1. The van der Waals surface area contributed by atoms with Crippen LogP contribution in [0, 0.1) is 19.7 Å². The number of fused-ring (bicyclic) bond motifs is 1. The zero-order chi connectivity index (χ0) is 24.7. The lowest BCUT2D eigenvalue weighted by atomic mass is 9.98. The molecule has 0 bridgehead atoms. The third-order valence-electron chi connectivity index (χ3n) is 5.96. The zero-order valence-corrected chi connectivity index (χ0v) is 19.3. The Kier molecular flexibility index (Phi) is 5.56. The fraction of sp³-hybridized carbons (Fsp3) is 0.148. The lowest BCUT2D eigenvalue weighted by molar-refractivity contribution is 0.387. The summed E-state index contributed by atoms with van der Waals surface area (Å²) in [6, 6.07) is 17.3. The molecule has 0 amide bonds. The van der Waals surface area contributed by atoms with Crippen molar-refractivity contribution in [1.82, 2.24) is 10.1 Å². The largest absolute Gasteiger partial charge is 0.455 e. The lowest BCUT2D eigenvalue weighted by Crippen LogP contribution is -2.13. The second-order valence-electron chi connectivity index (χ2n) is 8.45. The number of aromatic amines is 1. The van der Waals surface area contributed by atoms with Crippen LogP contribution in [-0.2, 0) is 0 Å². The van der Waals surface area contributed by atoms with Crippen molar-refractivity contribution in [1.29, 1.82) is 0 Å². The van der Waals surface area contributed by atoms with Gasteiger partial charge in [0.2, 0.25) is 0 Å². The number of halogens is 1. The minimum Gasteiger partial charge on any atom is -0.455 e. The van der Waals surface area contributed by atoms with Crippen LogP contribution in [0.2, 0.25) is 0 Å². The van der Waals surface area contributed by atoms with Crippen LogP contribution < -0.4 is 16.5 Å². The molecule has 2 N–H and O–H groups in total. The fourth-order valence-electron chi connectivity index (χ4n) is 4.29. The zero-order valence-electron chi connectivity index (χ0n) is 19.3. The predicted octanol–water partition coefficient (Wildman–Crippen LogP) is 5.73. The van der Waals surface area contributed by atoms with E-state index in [4.69, 9.17) is 4.42 Å². The van der Waals surface area contributed by atoms with Crippen LogP contribution >= 0.6 is 0 Å². The van der Waals surface area contributed by atoms with Gasteiger partial charge in [-0.15, -0.1) is 0 Å². The molecule has 0 saturated carbocycles. The molecular formula is C27H22FN3O4. The van der Waals surface area contributed by atoms with E-state index in [2.05, 4.69) is 20.0 Å². The molecule has 1 unspecified atom stereocenters. The summed E-state index contributed by atoms with van der Waals surface area (Å²) in [5.41, 5.74) is 3.78. The maximum Gasteiger partial charge on any atom is 0.439 e. The van der Waals surface area contributed by atoms with E-state index in [0.29, 0.717) is 28.0 Å². The Labute approximate surface area is 199 Å². The van der Waals surface area contributed by atoms with Crippen molar-refractivity contribution >= 4 is 16.7 Å². The van der Waals surface area contributed by atoms with E-state index in [0.717, 1.165) is 16.7 Å². The molecule has 7 nitrogen and oxygen atoms in total. The Hall–Kier alpha value is -4.46. The SMILES string of the molecule is Cc1cc(C(C)Nc2cccc(F)c2-c2noc(=O)[nH]2)c2oc(-c3ccccc3)c(C)c(=O)c2c1. The first-order chi connectivity index (χ1) is 16.8. The highest BCUT2D eigenvalue weighted by molar-refractivity contribution is 5.85. The molecule has 8 heteroatoms. The molecule has 0 fully saturated rings. The van der Waals surface area contributed by atoms with Gasteiger partial charge in [0.05, 0.1) is 17.0 Å². The van der Waals surface area contributed by atoms with Crippen LogP contribution in [0.15, 0.2) is 79.2 Å². The number of H-pyrrole nitrogens is 1. The van der Waals surface area contributed by atoms with Gasteiger partial charge in [-0.1, -0.05) is 47.6 Å². The second-order valence-corrected chi connectivity index (χ2v) is 8.45. The molecule has 2 heterocycles. The number of aromatic nitrogens is 2. The second kappa shape index (κ2) is 8.72. The van der Waals surface area contributed by atoms with Gasteiger partial charge >= 0.3 is 5.76 Å². The van der Waals surface area contributed by atoms with Crippen LogP contribution in [0.4, 0.5) is 10.1 Å². The molecule has 176 valence electrons. The number of rotatable bonds is 5. The standard InChI is InChI=1S/C27H22FN3O4/c1-14-12-18(16(3)29-21-11-7-10-20(28)22(21)26-30-27(33)35-31-26)25-19(13-14)23(32)15(2)24(34-25)17-8-5-4-6-9-17/h4-13,16,29H,1-3H3,(H,30,31,33). The predicted molar refractivity (Wildman–Crippen MR) is 132 cm³/mol. The summed E-state index contributed by atoms with van der Waals surface area (Å²) in [5, 5.41) is 7.40. The summed E-state index contributed by atoms with van der Waals surface area (Å²) in [5.74, 6) is -0.871. The molecule has 0 saturated heterocycles. The maximum absolute atomic E-state index is 14.7. The highest BCUT2D eigenvalue weighted by atomic mass is 19.1. The maximum atomic E-state index is 14.7. The Bertz CT molecular complexity index is 1670. The molecule has 0 radical (unpaired) electrons. The van der Waals surface area contributed by atoms with Crippen molar-refractivity contribution in [2.24, 2.45) is 0 Å². The normalized spacial score (nSPS) is 12.1. The number of hydrogen-bond donors (Lipinski definition) is 2. The topological polar surface area (TPSA) is 101 Å². The Balaban J connectivity index is 1.66. The van der Waals surface area contributed by atoms with Crippen molar-refractivity contribution in [3.63, 3.8) is 0 Å². The van der Waals surface area contributed by atoms with E-state index >= 15 is 0 Å². The third kappa shape index (κ3) is 4.03. The molecule has 35 heavy (non-hydrogen) atoms. The van der Waals surface area contributed by atoms with Gasteiger partial charge in [-0.3, -0.25) is 14.3 Å². The monoisotopic (exact) mass is 471 g/mol. The molecule has 1 atom stereocenters. The first-order valence-corrected chi connectivity index (χ1v) is 11.1. The minimum absolute atomic E-state index is 0.0228. The minimum atomic E-state index is -0.780. The highest BCUT2D eigenvalue weighted by Crippen LogP contribution is 2.34. The van der Waals surface area contributed by atoms with Crippen LogP contribution in [0.25, 0.3) is 33.7 Å². The van der Waals surface area contributed by atoms with Gasteiger partial charge in [0.1, 0.15) is 17.2 Å². The van der Waals surface area contributed by atoms with Crippen molar-refractivity contribution < 1.29 is 13.3 Å². The molecule has 5 rings (SSSR count). The van der Waals surface area contributed by atoms with Gasteiger partial charge in [-0.05, 0) is 44.5 Å². The highest BCUT2D eigenvalue weighted by Gasteiger charge is 2.21. The molecule has 2 aromatic heterocycles. The van der Waals surface area contributed by atoms with E-state index in [9.17, 15) is 14.0 Å². The van der Waals surface area contributed by atoms with Gasteiger partial charge in [-0.2, -0.15) is 0 Å². The van der Waals surface area contributed by atoms with E-state index in [-0.39, 0.29) is 16.8 Å². The average Bonchev–Trinajstić information content (AvgIpc) is 3.27. The molecule has 5 aromatic rings. The van der Waals surface area contributed by atoms with Crippen molar-refractivity contribution in [3.8, 4) is 22.7 Å². The number of aryl methyl sites for hydroxylation is 1.